The van der Waals surface area contributed by atoms with Gasteiger partial charge in [-0.1, -0.05) is 0 Å². The molecule has 0 aliphatic rings. The molecule has 7 heteroatoms. The van der Waals surface area contributed by atoms with Gasteiger partial charge in [0.2, 0.25) is 5.91 Å². The van der Waals surface area contributed by atoms with Gasteiger partial charge in [0.05, 0.1) is 39.1 Å². The molecule has 0 atom stereocenters. The molecule has 2 aromatic rings. The van der Waals surface area contributed by atoms with E-state index in [1.807, 2.05) is 0 Å². The molecule has 0 fully saturated rings. The largest absolute Gasteiger partial charge is 0.497 e. The van der Waals surface area contributed by atoms with Crippen LogP contribution in [-0.2, 0) is 9.53 Å². The first kappa shape index (κ1) is 18.1. The van der Waals surface area contributed by atoms with Crippen LogP contribution in [0.3, 0.4) is 0 Å². The Kier molecular flexibility index (Phi) is 6.22. The van der Waals surface area contributed by atoms with Gasteiger partial charge in [-0.25, -0.2) is 4.79 Å². The van der Waals surface area contributed by atoms with Crippen molar-refractivity contribution < 1.29 is 23.8 Å². The zero-order valence-corrected chi connectivity index (χ0v) is 14.3. The fourth-order valence-corrected chi connectivity index (χ4v) is 2.12. The number of rotatable bonds is 7. The molecular formula is C18H20N2O5. The van der Waals surface area contributed by atoms with E-state index in [4.69, 9.17) is 9.47 Å². The van der Waals surface area contributed by atoms with Crippen LogP contribution in [0.1, 0.15) is 10.4 Å². The highest BCUT2D eigenvalue weighted by Gasteiger charge is 2.09. The molecule has 0 bridgehead atoms. The van der Waals surface area contributed by atoms with E-state index in [2.05, 4.69) is 15.4 Å². The molecule has 0 saturated carbocycles. The number of hydrogen-bond acceptors (Lipinski definition) is 6. The van der Waals surface area contributed by atoms with Crippen molar-refractivity contribution in [2.24, 2.45) is 0 Å². The van der Waals surface area contributed by atoms with Gasteiger partial charge < -0.3 is 24.8 Å². The van der Waals surface area contributed by atoms with Crippen molar-refractivity contribution in [3.05, 3.63) is 48.0 Å². The van der Waals surface area contributed by atoms with Crippen molar-refractivity contribution in [2.75, 3.05) is 38.5 Å². The smallest absolute Gasteiger partial charge is 0.337 e. The van der Waals surface area contributed by atoms with E-state index in [0.717, 1.165) is 0 Å². The second-order valence-corrected chi connectivity index (χ2v) is 5.04. The summed E-state index contributed by atoms with van der Waals surface area (Å²) >= 11 is 0. The fourth-order valence-electron chi connectivity index (χ4n) is 2.12. The number of carbonyl (C=O) groups excluding carboxylic acids is 2. The summed E-state index contributed by atoms with van der Waals surface area (Å²) in [6.45, 7) is 0.0623. The van der Waals surface area contributed by atoms with Crippen LogP contribution in [0.25, 0.3) is 0 Å². The number of carbonyl (C=O) groups is 2. The van der Waals surface area contributed by atoms with Gasteiger partial charge in [0.15, 0.2) is 0 Å². The van der Waals surface area contributed by atoms with E-state index in [-0.39, 0.29) is 12.5 Å². The molecule has 0 heterocycles. The summed E-state index contributed by atoms with van der Waals surface area (Å²) in [6, 6.07) is 11.8. The molecule has 1 amide bonds. The van der Waals surface area contributed by atoms with E-state index in [0.29, 0.717) is 28.4 Å². The minimum Gasteiger partial charge on any atom is -0.497 e. The summed E-state index contributed by atoms with van der Waals surface area (Å²) in [6.07, 6.45) is 0. The Bertz CT molecular complexity index is 744. The number of nitrogens with one attached hydrogen (secondary N) is 2. The molecule has 2 rings (SSSR count). The Morgan fingerprint density at radius 2 is 1.68 bits per heavy atom. The molecule has 0 radical (unpaired) electrons. The molecule has 0 spiro atoms. The van der Waals surface area contributed by atoms with Crippen molar-refractivity contribution in [2.45, 2.75) is 0 Å². The molecule has 25 heavy (non-hydrogen) atoms. The van der Waals surface area contributed by atoms with Gasteiger partial charge in [-0.2, -0.15) is 0 Å². The number of benzene rings is 2. The third kappa shape index (κ3) is 4.87. The van der Waals surface area contributed by atoms with E-state index < -0.39 is 5.97 Å². The zero-order chi connectivity index (χ0) is 18.2. The standard InChI is InChI=1S/C18H20N2O5/c1-23-14-8-9-15(16(10-14)24-2)20-17(21)11-19-13-6-4-12(5-7-13)18(22)25-3/h4-10,19H,11H2,1-3H3,(H,20,21). The maximum atomic E-state index is 12.1. The topological polar surface area (TPSA) is 85.9 Å². The van der Waals surface area contributed by atoms with Crippen molar-refractivity contribution in [1.29, 1.82) is 0 Å². The predicted octanol–water partition coefficient (Wildman–Crippen LogP) is 2.54. The Balaban J connectivity index is 1.93. The van der Waals surface area contributed by atoms with Gasteiger partial charge in [0, 0.05) is 11.8 Å². The predicted molar refractivity (Wildman–Crippen MR) is 94.4 cm³/mol. The average molecular weight is 344 g/mol. The number of anilines is 2. The second-order valence-electron chi connectivity index (χ2n) is 5.04. The number of ether oxygens (including phenoxy) is 3. The van der Waals surface area contributed by atoms with Crippen LogP contribution in [0, 0.1) is 0 Å². The first-order valence-electron chi connectivity index (χ1n) is 7.51. The van der Waals surface area contributed by atoms with Crippen LogP contribution >= 0.6 is 0 Å². The van der Waals surface area contributed by atoms with Crippen LogP contribution in [-0.4, -0.2) is 39.8 Å². The van der Waals surface area contributed by atoms with Crippen LogP contribution in [0.15, 0.2) is 42.5 Å². The summed E-state index contributed by atoms with van der Waals surface area (Å²) in [5, 5.41) is 5.74. The number of esters is 1. The number of methoxy groups -OCH3 is 3. The van der Waals surface area contributed by atoms with Crippen LogP contribution in [0.4, 0.5) is 11.4 Å². The zero-order valence-electron chi connectivity index (χ0n) is 14.3. The molecular weight excluding hydrogens is 324 g/mol. The minimum absolute atomic E-state index is 0.0623. The maximum absolute atomic E-state index is 12.1. The van der Waals surface area contributed by atoms with Gasteiger partial charge in [0.25, 0.3) is 0 Å². The van der Waals surface area contributed by atoms with Gasteiger partial charge in [-0.3, -0.25) is 4.79 Å². The van der Waals surface area contributed by atoms with E-state index >= 15 is 0 Å². The Morgan fingerprint density at radius 1 is 0.960 bits per heavy atom. The Morgan fingerprint density at radius 3 is 2.28 bits per heavy atom. The molecule has 0 aromatic heterocycles. The molecule has 0 unspecified atom stereocenters. The second kappa shape index (κ2) is 8.58. The van der Waals surface area contributed by atoms with Gasteiger partial charge in [0.1, 0.15) is 11.5 Å². The van der Waals surface area contributed by atoms with Crippen LogP contribution in [0.5, 0.6) is 11.5 Å². The van der Waals surface area contributed by atoms with E-state index in [1.54, 1.807) is 49.6 Å². The van der Waals surface area contributed by atoms with Crippen molar-refractivity contribution in [3.8, 4) is 11.5 Å². The SMILES string of the molecule is COC(=O)c1ccc(NCC(=O)Nc2ccc(OC)cc2OC)cc1. The van der Waals surface area contributed by atoms with Crippen molar-refractivity contribution in [3.63, 3.8) is 0 Å². The molecule has 2 aromatic carbocycles. The monoisotopic (exact) mass is 344 g/mol. The van der Waals surface area contributed by atoms with Crippen LogP contribution < -0.4 is 20.1 Å². The molecule has 7 nitrogen and oxygen atoms in total. The van der Waals surface area contributed by atoms with Gasteiger partial charge in [-0.15, -0.1) is 0 Å². The molecule has 2 N–H and O–H groups in total. The molecule has 0 saturated heterocycles. The first-order chi connectivity index (χ1) is 12.1. The lowest BCUT2D eigenvalue weighted by molar-refractivity contribution is -0.114. The van der Waals surface area contributed by atoms with Crippen molar-refractivity contribution in [1.82, 2.24) is 0 Å². The first-order valence-corrected chi connectivity index (χ1v) is 7.51. The lowest BCUT2D eigenvalue weighted by Gasteiger charge is -2.12. The summed E-state index contributed by atoms with van der Waals surface area (Å²) in [7, 11) is 4.40. The fraction of sp³-hybridized carbons (Fsp3) is 0.222. The summed E-state index contributed by atoms with van der Waals surface area (Å²) in [4.78, 5) is 23.5. The number of hydrogen-bond donors (Lipinski definition) is 2. The Labute approximate surface area is 145 Å². The van der Waals surface area contributed by atoms with Gasteiger partial charge >= 0.3 is 5.97 Å². The normalized spacial score (nSPS) is 9.88. The average Bonchev–Trinajstić information content (AvgIpc) is 2.66. The van der Waals surface area contributed by atoms with Crippen molar-refractivity contribution >= 4 is 23.3 Å². The van der Waals surface area contributed by atoms with Crippen LogP contribution in [0.2, 0.25) is 0 Å². The summed E-state index contributed by atoms with van der Waals surface area (Å²) in [5.41, 5.74) is 1.71. The highest BCUT2D eigenvalue weighted by molar-refractivity contribution is 5.95. The van der Waals surface area contributed by atoms with E-state index in [1.165, 1.54) is 14.2 Å². The quantitative estimate of drug-likeness (QED) is 0.751. The van der Waals surface area contributed by atoms with Gasteiger partial charge in [-0.05, 0) is 36.4 Å². The lowest BCUT2D eigenvalue weighted by Crippen LogP contribution is -2.22. The molecule has 132 valence electrons. The summed E-state index contributed by atoms with van der Waals surface area (Å²) in [5.74, 6) is 0.505. The highest BCUT2D eigenvalue weighted by Crippen LogP contribution is 2.28. The third-order valence-electron chi connectivity index (χ3n) is 3.44. The summed E-state index contributed by atoms with van der Waals surface area (Å²) < 4.78 is 15.0. The lowest BCUT2D eigenvalue weighted by atomic mass is 10.2. The third-order valence-corrected chi connectivity index (χ3v) is 3.44. The molecule has 0 aliphatic heterocycles. The molecule has 0 aliphatic carbocycles. The highest BCUT2D eigenvalue weighted by atomic mass is 16.5. The maximum Gasteiger partial charge on any atom is 0.337 e. The van der Waals surface area contributed by atoms with E-state index in [9.17, 15) is 9.59 Å². The number of amides is 1. The minimum atomic E-state index is -0.407. The Hall–Kier alpha value is -3.22.